The number of aryl methyl sites for hydroxylation is 5. The van der Waals surface area contributed by atoms with Gasteiger partial charge in [-0.15, -0.1) is 0 Å². The minimum Gasteiger partial charge on any atom is -0.467 e. The Labute approximate surface area is 544 Å². The van der Waals surface area contributed by atoms with Crippen molar-refractivity contribution in [3.05, 3.63) is 297 Å². The van der Waals surface area contributed by atoms with Gasteiger partial charge in [-0.2, -0.15) is 0 Å². The largest absolute Gasteiger partial charge is 0.467 e. The highest BCUT2D eigenvalue weighted by Crippen LogP contribution is 2.51. The first-order valence-corrected chi connectivity index (χ1v) is 31.5. The smallest absolute Gasteiger partial charge is 0.338 e. The average Bonchev–Trinajstić information content (AvgIpc) is 1.66. The molecule has 0 saturated carbocycles. The van der Waals surface area contributed by atoms with E-state index in [0.29, 0.717) is 22.3 Å². The van der Waals surface area contributed by atoms with Crippen LogP contribution in [0.4, 0.5) is 0 Å². The summed E-state index contributed by atoms with van der Waals surface area (Å²) in [6.07, 6.45) is -4.01. The zero-order valence-electron chi connectivity index (χ0n) is 53.5. The first kappa shape index (κ1) is 65.5. The fourth-order valence-corrected chi connectivity index (χ4v) is 12.0. The molecule has 2 saturated heterocycles. The number of hydrogen-bond donors (Lipinski definition) is 2. The standard InChI is InChI=1S/C59H54O4.C13H11Br.C9H14O5/c1-39-7-15-43(16-8-39)47-23-31-51(32-24-47)58(60,52-33-25-48(26-34-52)44-17-9-40(2)10-18-44)55-56(63-57(5,6)62-55)59(61,53-35-27-49(28-36-53)45-19-11-41(3)12-20-45)54-37-29-50(30-38-54)46-21-13-42(4)14-22-46;1-10-2-4-11(5-3-10)12-6-8-13(14)9-7-12;1-5(10)6-7(8(11)12-4)14-9(2,3)13-6/h7-38,55-56,60-61H,1-6H3;2-9H,1H3;6-7H,1-4H3/t55-,56-;;6-,7+/m1.1/s1. The van der Waals surface area contributed by atoms with E-state index in [1.165, 1.54) is 53.0 Å². The van der Waals surface area contributed by atoms with Gasteiger partial charge in [0.15, 0.2) is 29.6 Å². The van der Waals surface area contributed by atoms with E-state index in [4.69, 9.17) is 18.9 Å². The Morgan fingerprint density at radius 2 is 0.549 bits per heavy atom. The van der Waals surface area contributed by atoms with Gasteiger partial charge < -0.3 is 33.9 Å². The molecule has 10 aromatic carbocycles. The average molecular weight is 1280 g/mol. The van der Waals surface area contributed by atoms with Crippen molar-refractivity contribution in [2.24, 2.45) is 0 Å². The fourth-order valence-electron chi connectivity index (χ4n) is 11.7. The van der Waals surface area contributed by atoms with E-state index >= 15 is 0 Å². The number of ketones is 1. The molecular weight excluding hydrogens is 1200 g/mol. The second-order valence-corrected chi connectivity index (χ2v) is 25.7. The number of carbonyl (C=O) groups excluding carboxylic acids is 2. The minimum atomic E-state index is -1.80. The lowest BCUT2D eigenvalue weighted by Crippen LogP contribution is -2.55. The maximum atomic E-state index is 13.8. The van der Waals surface area contributed by atoms with Crippen LogP contribution in [0.1, 0.15) is 84.7 Å². The highest BCUT2D eigenvalue weighted by Gasteiger charge is 2.61. The Morgan fingerprint density at radius 1 is 0.352 bits per heavy atom. The van der Waals surface area contributed by atoms with Gasteiger partial charge in [-0.1, -0.05) is 274 Å². The van der Waals surface area contributed by atoms with Gasteiger partial charge in [0.25, 0.3) is 0 Å². The third-order valence-electron chi connectivity index (χ3n) is 16.9. The lowest BCUT2D eigenvalue weighted by atomic mass is 9.71. The van der Waals surface area contributed by atoms with Crippen molar-refractivity contribution in [2.75, 3.05) is 7.11 Å². The molecule has 10 heteroatoms. The third-order valence-corrected chi connectivity index (χ3v) is 17.4. The van der Waals surface area contributed by atoms with Crippen molar-refractivity contribution >= 4 is 27.7 Å². The van der Waals surface area contributed by atoms with E-state index in [0.717, 1.165) is 49.0 Å². The Morgan fingerprint density at radius 3 is 0.769 bits per heavy atom. The highest BCUT2D eigenvalue weighted by molar-refractivity contribution is 9.10. The molecule has 0 aromatic heterocycles. The number of Topliss-reactive ketones (excluding diaryl/α,β-unsaturated/α-hetero) is 1. The Hall–Kier alpha value is -8.42. The maximum absolute atomic E-state index is 13.8. The summed E-state index contributed by atoms with van der Waals surface area (Å²) in [4.78, 5) is 22.4. The highest BCUT2D eigenvalue weighted by atomic mass is 79.9. The number of benzene rings is 10. The fraction of sp³-hybridized carbons (Fsp3) is 0.235. The molecular formula is C81H79BrO9. The SMILES string of the molecule is COC(=O)[C@H]1OC(C)(C)O[C@@H]1C(C)=O.Cc1ccc(-c2ccc(Br)cc2)cc1.Cc1ccc(-c2ccc(C(O)(c3ccc(-c4ccc(C)cc4)cc3)[C@@H]3OC(C)(C)O[C@H]3C(O)(c3ccc(-c4ccc(C)cc4)cc3)c3ccc(-c4ccc(C)cc4)cc3)cc2)cc1. The van der Waals surface area contributed by atoms with Crippen LogP contribution in [-0.4, -0.2) is 65.1 Å². The van der Waals surface area contributed by atoms with Crippen LogP contribution in [0.15, 0.2) is 247 Å². The molecule has 0 unspecified atom stereocenters. The molecule has 4 atom stereocenters. The number of aliphatic hydroxyl groups is 2. The van der Waals surface area contributed by atoms with E-state index in [1.807, 2.05) is 111 Å². The van der Waals surface area contributed by atoms with Gasteiger partial charge in [-0.25, -0.2) is 4.79 Å². The van der Waals surface area contributed by atoms with Crippen molar-refractivity contribution in [1.29, 1.82) is 0 Å². The molecule has 464 valence electrons. The second kappa shape index (κ2) is 27.6. The van der Waals surface area contributed by atoms with Gasteiger partial charge in [0.2, 0.25) is 0 Å². The molecule has 2 fully saturated rings. The molecule has 9 nitrogen and oxygen atoms in total. The molecule has 0 aliphatic carbocycles. The van der Waals surface area contributed by atoms with Crippen molar-refractivity contribution < 1.29 is 43.5 Å². The summed E-state index contributed by atoms with van der Waals surface area (Å²) < 4.78 is 30.1. The first-order chi connectivity index (χ1) is 43.4. The predicted molar refractivity (Wildman–Crippen MR) is 367 cm³/mol. The van der Waals surface area contributed by atoms with Gasteiger partial charge in [-0.3, -0.25) is 4.79 Å². The monoisotopic (exact) mass is 1270 g/mol. The first-order valence-electron chi connectivity index (χ1n) is 30.7. The van der Waals surface area contributed by atoms with Crippen LogP contribution in [-0.2, 0) is 44.5 Å². The molecule has 12 rings (SSSR count). The molecule has 10 aromatic rings. The van der Waals surface area contributed by atoms with Crippen LogP contribution < -0.4 is 0 Å². The van der Waals surface area contributed by atoms with Crippen LogP contribution in [0.2, 0.25) is 0 Å². The second-order valence-electron chi connectivity index (χ2n) is 24.8. The molecule has 2 aliphatic rings. The normalized spacial score (nSPS) is 17.4. The van der Waals surface area contributed by atoms with Gasteiger partial charge in [0, 0.05) is 4.47 Å². The van der Waals surface area contributed by atoms with E-state index in [2.05, 4.69) is 201 Å². The summed E-state index contributed by atoms with van der Waals surface area (Å²) in [6.45, 7) is 18.8. The predicted octanol–water partition coefficient (Wildman–Crippen LogP) is 18.0. The third kappa shape index (κ3) is 15.0. The summed E-state index contributed by atoms with van der Waals surface area (Å²) in [5, 5.41) is 27.6. The molecule has 0 spiro atoms. The van der Waals surface area contributed by atoms with Gasteiger partial charge in [0.1, 0.15) is 23.4 Å². The summed E-state index contributed by atoms with van der Waals surface area (Å²) in [5.74, 6) is -2.94. The van der Waals surface area contributed by atoms with Crippen molar-refractivity contribution in [1.82, 2.24) is 0 Å². The Bertz CT molecular complexity index is 3650. The molecule has 2 aliphatic heterocycles. The van der Waals surface area contributed by atoms with Crippen molar-refractivity contribution in [3.63, 3.8) is 0 Å². The number of methoxy groups -OCH3 is 1. The van der Waals surface area contributed by atoms with Crippen LogP contribution in [0.3, 0.4) is 0 Å². The van der Waals surface area contributed by atoms with Crippen LogP contribution in [0.25, 0.3) is 55.6 Å². The number of rotatable bonds is 13. The Kier molecular flexibility index (Phi) is 19.9. The molecule has 0 bridgehead atoms. The number of ether oxygens (including phenoxy) is 5. The van der Waals surface area contributed by atoms with E-state index in [-0.39, 0.29) is 5.78 Å². The number of hydrogen-bond acceptors (Lipinski definition) is 9. The van der Waals surface area contributed by atoms with Crippen LogP contribution in [0.5, 0.6) is 0 Å². The Balaban J connectivity index is 0.000000265. The van der Waals surface area contributed by atoms with E-state index in [9.17, 15) is 19.8 Å². The molecule has 2 N–H and O–H groups in total. The van der Waals surface area contributed by atoms with Gasteiger partial charge in [0.05, 0.1) is 7.11 Å². The van der Waals surface area contributed by atoms with E-state index in [1.54, 1.807) is 13.8 Å². The van der Waals surface area contributed by atoms with Crippen molar-refractivity contribution in [3.8, 4) is 55.6 Å². The van der Waals surface area contributed by atoms with E-state index < -0.39 is 53.2 Å². The molecule has 2 heterocycles. The summed E-state index contributed by atoms with van der Waals surface area (Å²) in [6, 6.07) is 82.8. The lowest BCUT2D eigenvalue weighted by Gasteiger charge is -2.42. The van der Waals surface area contributed by atoms with Gasteiger partial charge >= 0.3 is 5.97 Å². The minimum absolute atomic E-state index is 0.244. The zero-order valence-corrected chi connectivity index (χ0v) is 55.1. The molecule has 0 radical (unpaired) electrons. The number of halogens is 1. The lowest BCUT2D eigenvalue weighted by molar-refractivity contribution is -0.172. The topological polar surface area (TPSA) is 121 Å². The van der Waals surface area contributed by atoms with Crippen molar-refractivity contribution in [2.45, 2.75) is 116 Å². The summed E-state index contributed by atoms with van der Waals surface area (Å²) >= 11 is 3.43. The van der Waals surface area contributed by atoms with Crippen LogP contribution in [0, 0.1) is 34.6 Å². The summed E-state index contributed by atoms with van der Waals surface area (Å²) in [7, 11) is 1.24. The molecule has 91 heavy (non-hydrogen) atoms. The van der Waals surface area contributed by atoms with Crippen LogP contribution >= 0.6 is 15.9 Å². The quantitative estimate of drug-likeness (QED) is 0.109. The zero-order chi connectivity index (χ0) is 64.8. The summed E-state index contributed by atoms with van der Waals surface area (Å²) in [5.41, 5.74) is 15.8. The van der Waals surface area contributed by atoms with Gasteiger partial charge in [-0.05, 0) is 159 Å². The maximum Gasteiger partial charge on any atom is 0.338 e. The molecule has 0 amide bonds. The number of carbonyl (C=O) groups is 2. The number of esters is 1.